The van der Waals surface area contributed by atoms with Gasteiger partial charge in [0.2, 0.25) is 5.91 Å². The third-order valence-electron chi connectivity index (χ3n) is 5.14. The Morgan fingerprint density at radius 1 is 1.44 bits per heavy atom. The number of rotatable bonds is 5. The Hall–Kier alpha value is -2.22. The predicted molar refractivity (Wildman–Crippen MR) is 107 cm³/mol. The zero-order chi connectivity index (χ0) is 19.1. The second-order valence-corrected chi connectivity index (χ2v) is 8.84. The molecule has 0 radical (unpaired) electrons. The van der Waals surface area contributed by atoms with E-state index in [1.807, 2.05) is 22.5 Å². The minimum absolute atomic E-state index is 0.0216. The molecule has 3 heterocycles. The first-order chi connectivity index (χ1) is 12.9. The molecule has 1 aliphatic carbocycles. The van der Waals surface area contributed by atoms with Crippen LogP contribution >= 0.6 is 11.3 Å². The van der Waals surface area contributed by atoms with Crippen LogP contribution in [0.2, 0.25) is 0 Å². The van der Waals surface area contributed by atoms with Gasteiger partial charge < -0.3 is 5.32 Å². The van der Waals surface area contributed by atoms with E-state index in [2.05, 4.69) is 41.3 Å². The van der Waals surface area contributed by atoms with Crippen molar-refractivity contribution in [1.29, 1.82) is 0 Å². The quantitative estimate of drug-likeness (QED) is 0.725. The van der Waals surface area contributed by atoms with E-state index in [4.69, 9.17) is 0 Å². The highest BCUT2D eigenvalue weighted by Crippen LogP contribution is 2.32. The number of thiazole rings is 1. The number of carbonyl (C=O) groups excluding carboxylic acids is 1. The Balaban J connectivity index is 1.42. The molecule has 0 saturated heterocycles. The topological polar surface area (TPSA) is 77.6 Å². The van der Waals surface area contributed by atoms with Gasteiger partial charge in [0.15, 0.2) is 5.13 Å². The molecule has 1 atom stereocenters. The molecular weight excluding hydrogens is 360 g/mol. The minimum Gasteiger partial charge on any atom is -0.302 e. The van der Waals surface area contributed by atoms with Crippen LogP contribution in [-0.2, 0) is 24.2 Å². The smallest absolute Gasteiger partial charge is 0.228 e. The van der Waals surface area contributed by atoms with E-state index in [0.717, 1.165) is 34.7 Å². The van der Waals surface area contributed by atoms with E-state index < -0.39 is 0 Å². The zero-order valence-electron chi connectivity index (χ0n) is 16.3. The normalized spacial score (nSPS) is 16.9. The lowest BCUT2D eigenvalue weighted by atomic mass is 9.93. The van der Waals surface area contributed by atoms with E-state index in [0.29, 0.717) is 18.9 Å². The molecule has 0 fully saturated rings. The molecule has 1 N–H and O–H groups in total. The van der Waals surface area contributed by atoms with Gasteiger partial charge in [0, 0.05) is 17.3 Å². The standard InChI is InChI=1S/C19H26N6OS/c1-11(2)25-15-10-20-24(18(15)13(4)23-25)8-7-17(26)22-19-21-14-6-5-12(3)9-16(14)27-19/h10-12H,5-9H2,1-4H3,(H,21,22,26). The van der Waals surface area contributed by atoms with Gasteiger partial charge in [0.1, 0.15) is 11.0 Å². The predicted octanol–water partition coefficient (Wildman–Crippen LogP) is 3.73. The number of nitrogens with one attached hydrogen (secondary N) is 1. The summed E-state index contributed by atoms with van der Waals surface area (Å²) in [5, 5.41) is 12.8. The van der Waals surface area contributed by atoms with Gasteiger partial charge in [-0.2, -0.15) is 10.2 Å². The fourth-order valence-corrected chi connectivity index (χ4v) is 4.91. The fraction of sp³-hybridized carbons (Fsp3) is 0.579. The highest BCUT2D eigenvalue weighted by Gasteiger charge is 2.21. The van der Waals surface area contributed by atoms with Gasteiger partial charge >= 0.3 is 0 Å². The van der Waals surface area contributed by atoms with Crippen LogP contribution in [0.3, 0.4) is 0 Å². The largest absolute Gasteiger partial charge is 0.302 e. The molecule has 1 unspecified atom stereocenters. The summed E-state index contributed by atoms with van der Waals surface area (Å²) in [5.74, 6) is 0.686. The van der Waals surface area contributed by atoms with Crippen molar-refractivity contribution >= 4 is 33.4 Å². The molecule has 0 saturated carbocycles. The third kappa shape index (κ3) is 3.50. The Kier molecular flexibility index (Phi) is 4.75. The van der Waals surface area contributed by atoms with Crippen molar-refractivity contribution in [1.82, 2.24) is 24.5 Å². The van der Waals surface area contributed by atoms with Crippen molar-refractivity contribution < 1.29 is 4.79 Å². The average Bonchev–Trinajstić information content (AvgIpc) is 3.27. The number of amides is 1. The van der Waals surface area contributed by atoms with Gasteiger partial charge in [0.05, 0.1) is 24.1 Å². The number of carbonyl (C=O) groups is 1. The van der Waals surface area contributed by atoms with Gasteiger partial charge in [-0.3, -0.25) is 14.2 Å². The first-order valence-electron chi connectivity index (χ1n) is 9.61. The van der Waals surface area contributed by atoms with Crippen LogP contribution in [0, 0.1) is 12.8 Å². The molecule has 144 valence electrons. The summed E-state index contributed by atoms with van der Waals surface area (Å²) in [6.07, 6.45) is 5.48. The number of aromatic nitrogens is 5. The maximum Gasteiger partial charge on any atom is 0.228 e. The van der Waals surface area contributed by atoms with Crippen LogP contribution in [-0.4, -0.2) is 30.5 Å². The van der Waals surface area contributed by atoms with E-state index >= 15 is 0 Å². The van der Waals surface area contributed by atoms with Crippen LogP contribution in [0.15, 0.2) is 6.20 Å². The van der Waals surface area contributed by atoms with Crippen LogP contribution in [0.1, 0.15) is 55.9 Å². The molecule has 1 aliphatic rings. The lowest BCUT2D eigenvalue weighted by molar-refractivity contribution is -0.116. The molecule has 0 aliphatic heterocycles. The molecule has 3 aromatic rings. The summed E-state index contributed by atoms with van der Waals surface area (Å²) in [5.41, 5.74) is 4.14. The van der Waals surface area contributed by atoms with Crippen LogP contribution in [0.4, 0.5) is 5.13 Å². The SMILES string of the molecule is Cc1nn(C(C)C)c2cnn(CCC(=O)Nc3nc4c(s3)CC(C)CC4)c12. The molecule has 0 bridgehead atoms. The Morgan fingerprint density at radius 3 is 3.04 bits per heavy atom. The number of anilines is 1. The number of aryl methyl sites for hydroxylation is 3. The molecule has 8 heteroatoms. The number of fused-ring (bicyclic) bond motifs is 2. The van der Waals surface area contributed by atoms with Crippen LogP contribution < -0.4 is 5.32 Å². The van der Waals surface area contributed by atoms with E-state index in [-0.39, 0.29) is 11.9 Å². The molecule has 7 nitrogen and oxygen atoms in total. The van der Waals surface area contributed by atoms with Crippen LogP contribution in [0.5, 0.6) is 0 Å². The molecule has 4 rings (SSSR count). The first kappa shape index (κ1) is 18.2. The molecular formula is C19H26N6OS. The molecule has 1 amide bonds. The van der Waals surface area contributed by atoms with Crippen molar-refractivity contribution in [2.45, 2.75) is 66.0 Å². The number of hydrogen-bond acceptors (Lipinski definition) is 5. The molecule has 0 aromatic carbocycles. The second kappa shape index (κ2) is 7.07. The molecule has 27 heavy (non-hydrogen) atoms. The lowest BCUT2D eigenvalue weighted by Gasteiger charge is -2.15. The van der Waals surface area contributed by atoms with E-state index in [1.165, 1.54) is 17.0 Å². The molecule has 3 aromatic heterocycles. The Labute approximate surface area is 162 Å². The highest BCUT2D eigenvalue weighted by molar-refractivity contribution is 7.15. The summed E-state index contributed by atoms with van der Waals surface area (Å²) in [7, 11) is 0. The first-order valence-corrected chi connectivity index (χ1v) is 10.4. The van der Waals surface area contributed by atoms with Crippen LogP contribution in [0.25, 0.3) is 11.0 Å². The van der Waals surface area contributed by atoms with Crippen molar-refractivity contribution in [2.75, 3.05) is 5.32 Å². The average molecular weight is 387 g/mol. The summed E-state index contributed by atoms with van der Waals surface area (Å²) in [6, 6.07) is 0.279. The summed E-state index contributed by atoms with van der Waals surface area (Å²) >= 11 is 1.62. The summed E-state index contributed by atoms with van der Waals surface area (Å²) < 4.78 is 3.86. The van der Waals surface area contributed by atoms with Crippen molar-refractivity contribution in [2.24, 2.45) is 5.92 Å². The highest BCUT2D eigenvalue weighted by atomic mass is 32.1. The van der Waals surface area contributed by atoms with Gasteiger partial charge in [-0.15, -0.1) is 11.3 Å². The van der Waals surface area contributed by atoms with Crippen molar-refractivity contribution in [3.05, 3.63) is 22.5 Å². The Bertz CT molecular complexity index is 982. The van der Waals surface area contributed by atoms with Crippen molar-refractivity contribution in [3.8, 4) is 0 Å². The van der Waals surface area contributed by atoms with Gasteiger partial charge in [-0.1, -0.05) is 6.92 Å². The summed E-state index contributed by atoms with van der Waals surface area (Å²) in [6.45, 7) is 8.99. The van der Waals surface area contributed by atoms with Gasteiger partial charge in [-0.25, -0.2) is 4.98 Å². The fourth-order valence-electron chi connectivity index (χ4n) is 3.72. The summed E-state index contributed by atoms with van der Waals surface area (Å²) in [4.78, 5) is 18.3. The Morgan fingerprint density at radius 2 is 2.26 bits per heavy atom. The van der Waals surface area contributed by atoms with E-state index in [9.17, 15) is 4.79 Å². The number of hydrogen-bond donors (Lipinski definition) is 1. The van der Waals surface area contributed by atoms with Gasteiger partial charge in [0.25, 0.3) is 0 Å². The van der Waals surface area contributed by atoms with E-state index in [1.54, 1.807) is 11.3 Å². The monoisotopic (exact) mass is 386 g/mol. The maximum absolute atomic E-state index is 12.4. The second-order valence-electron chi connectivity index (χ2n) is 7.76. The van der Waals surface area contributed by atoms with Gasteiger partial charge in [-0.05, 0) is 46.0 Å². The maximum atomic E-state index is 12.4. The third-order valence-corrected chi connectivity index (χ3v) is 6.17. The number of nitrogens with zero attached hydrogens (tertiary/aromatic N) is 5. The lowest BCUT2D eigenvalue weighted by Crippen LogP contribution is -2.15. The molecule has 0 spiro atoms. The zero-order valence-corrected chi connectivity index (χ0v) is 17.1. The van der Waals surface area contributed by atoms with Crippen molar-refractivity contribution in [3.63, 3.8) is 0 Å². The minimum atomic E-state index is -0.0216.